The summed E-state index contributed by atoms with van der Waals surface area (Å²) >= 11 is 3.52. The van der Waals surface area contributed by atoms with Crippen LogP contribution in [0.2, 0.25) is 0 Å². The van der Waals surface area contributed by atoms with E-state index in [4.69, 9.17) is 4.74 Å². The molecule has 1 aromatic carbocycles. The second-order valence-corrected chi connectivity index (χ2v) is 6.46. The molecule has 0 saturated heterocycles. The van der Waals surface area contributed by atoms with Crippen molar-refractivity contribution in [1.82, 2.24) is 5.32 Å². The zero-order valence-corrected chi connectivity index (χ0v) is 14.1. The van der Waals surface area contributed by atoms with Crippen molar-refractivity contribution in [3.8, 4) is 5.75 Å². The van der Waals surface area contributed by atoms with Crippen LogP contribution in [0.3, 0.4) is 0 Å². The van der Waals surface area contributed by atoms with Gasteiger partial charge in [0.25, 0.3) is 0 Å². The summed E-state index contributed by atoms with van der Waals surface area (Å²) in [6.45, 7) is 10.4. The Bertz CT molecular complexity index is 379. The summed E-state index contributed by atoms with van der Waals surface area (Å²) in [6.07, 6.45) is 2.50. The van der Waals surface area contributed by atoms with Gasteiger partial charge in [-0.25, -0.2) is 0 Å². The first-order valence-electron chi connectivity index (χ1n) is 7.11. The number of aryl methyl sites for hydroxylation is 1. The minimum Gasteiger partial charge on any atom is -0.491 e. The Balaban J connectivity index is 2.20. The predicted octanol–water partition coefficient (Wildman–Crippen LogP) is 4.55. The largest absolute Gasteiger partial charge is 0.491 e. The van der Waals surface area contributed by atoms with Crippen LogP contribution in [-0.4, -0.2) is 19.2 Å². The van der Waals surface area contributed by atoms with Crippen LogP contribution >= 0.6 is 15.9 Å². The van der Waals surface area contributed by atoms with E-state index in [1.165, 1.54) is 18.4 Å². The Kier molecular flexibility index (Phi) is 7.47. The fourth-order valence-electron chi connectivity index (χ4n) is 1.87. The first-order chi connectivity index (χ1) is 8.99. The van der Waals surface area contributed by atoms with Gasteiger partial charge >= 0.3 is 0 Å². The Hall–Kier alpha value is -0.540. The molecule has 1 aromatic rings. The van der Waals surface area contributed by atoms with Gasteiger partial charge in [-0.3, -0.25) is 0 Å². The molecule has 0 fully saturated rings. The van der Waals surface area contributed by atoms with Crippen LogP contribution in [0.15, 0.2) is 22.7 Å². The van der Waals surface area contributed by atoms with E-state index >= 15 is 0 Å². The van der Waals surface area contributed by atoms with Crippen molar-refractivity contribution in [2.75, 3.05) is 13.2 Å². The molecule has 0 aliphatic carbocycles. The van der Waals surface area contributed by atoms with Gasteiger partial charge in [-0.15, -0.1) is 0 Å². The molecule has 0 amide bonds. The fourth-order valence-corrected chi connectivity index (χ4v) is 2.48. The molecule has 0 radical (unpaired) electrons. The number of benzene rings is 1. The Morgan fingerprint density at radius 1 is 1.21 bits per heavy atom. The monoisotopic (exact) mass is 327 g/mol. The van der Waals surface area contributed by atoms with Crippen molar-refractivity contribution < 1.29 is 4.74 Å². The van der Waals surface area contributed by atoms with E-state index in [1.54, 1.807) is 0 Å². The first kappa shape index (κ1) is 16.5. The molecule has 0 spiro atoms. The van der Waals surface area contributed by atoms with Gasteiger partial charge in [0.1, 0.15) is 12.4 Å². The van der Waals surface area contributed by atoms with Crippen molar-refractivity contribution in [3.63, 3.8) is 0 Å². The smallest absolute Gasteiger partial charge is 0.133 e. The second kappa shape index (κ2) is 8.60. The third kappa shape index (κ3) is 6.98. The Morgan fingerprint density at radius 2 is 1.95 bits per heavy atom. The van der Waals surface area contributed by atoms with Gasteiger partial charge in [-0.1, -0.05) is 19.9 Å². The first-order valence-corrected chi connectivity index (χ1v) is 7.90. The van der Waals surface area contributed by atoms with E-state index in [2.05, 4.69) is 61.1 Å². The minimum atomic E-state index is 0.562. The van der Waals surface area contributed by atoms with Gasteiger partial charge in [-0.2, -0.15) is 0 Å². The zero-order valence-electron chi connectivity index (χ0n) is 12.5. The summed E-state index contributed by atoms with van der Waals surface area (Å²) in [5.74, 6) is 1.70. The summed E-state index contributed by atoms with van der Waals surface area (Å²) in [6, 6.07) is 6.72. The molecule has 3 heteroatoms. The van der Waals surface area contributed by atoms with Crippen molar-refractivity contribution in [2.24, 2.45) is 5.92 Å². The molecular formula is C16H26BrNO. The summed E-state index contributed by atoms with van der Waals surface area (Å²) in [5, 5.41) is 3.50. The number of halogens is 1. The fraction of sp³-hybridized carbons (Fsp3) is 0.625. The average molecular weight is 328 g/mol. The third-order valence-electron chi connectivity index (χ3n) is 3.12. The van der Waals surface area contributed by atoms with E-state index < -0.39 is 0 Å². The number of nitrogens with one attached hydrogen (secondary N) is 1. The van der Waals surface area contributed by atoms with Gasteiger partial charge in [-0.05, 0) is 66.2 Å². The predicted molar refractivity (Wildman–Crippen MR) is 85.9 cm³/mol. The molecule has 108 valence electrons. The lowest BCUT2D eigenvalue weighted by Gasteiger charge is -2.15. The van der Waals surface area contributed by atoms with Crippen LogP contribution in [0, 0.1) is 12.8 Å². The van der Waals surface area contributed by atoms with E-state index in [1.807, 2.05) is 6.07 Å². The maximum atomic E-state index is 5.76. The molecule has 2 nitrogen and oxygen atoms in total. The third-order valence-corrected chi connectivity index (χ3v) is 3.74. The SMILES string of the molecule is Cc1ccc(OCCNC(C)CCC(C)C)c(Br)c1. The topological polar surface area (TPSA) is 21.3 Å². The molecule has 0 aliphatic heterocycles. The molecular weight excluding hydrogens is 302 g/mol. The zero-order chi connectivity index (χ0) is 14.3. The van der Waals surface area contributed by atoms with E-state index in [0.29, 0.717) is 12.6 Å². The second-order valence-electron chi connectivity index (χ2n) is 5.61. The van der Waals surface area contributed by atoms with E-state index in [0.717, 1.165) is 22.7 Å². The minimum absolute atomic E-state index is 0.562. The molecule has 0 aromatic heterocycles. The molecule has 19 heavy (non-hydrogen) atoms. The maximum Gasteiger partial charge on any atom is 0.133 e. The van der Waals surface area contributed by atoms with Crippen LogP contribution < -0.4 is 10.1 Å². The number of rotatable bonds is 8. The lowest BCUT2D eigenvalue weighted by Crippen LogP contribution is -2.30. The molecule has 0 heterocycles. The Morgan fingerprint density at radius 3 is 2.58 bits per heavy atom. The highest BCUT2D eigenvalue weighted by atomic mass is 79.9. The summed E-state index contributed by atoms with van der Waals surface area (Å²) < 4.78 is 6.79. The molecule has 0 saturated carbocycles. The molecule has 1 rings (SSSR count). The normalized spacial score (nSPS) is 12.7. The number of hydrogen-bond donors (Lipinski definition) is 1. The summed E-state index contributed by atoms with van der Waals surface area (Å²) in [7, 11) is 0. The quantitative estimate of drug-likeness (QED) is 0.707. The molecule has 1 atom stereocenters. The highest BCUT2D eigenvalue weighted by Crippen LogP contribution is 2.25. The molecule has 1 N–H and O–H groups in total. The molecule has 0 aliphatic rings. The van der Waals surface area contributed by atoms with Gasteiger partial charge in [0.05, 0.1) is 4.47 Å². The van der Waals surface area contributed by atoms with Crippen molar-refractivity contribution in [2.45, 2.75) is 46.6 Å². The van der Waals surface area contributed by atoms with Gasteiger partial charge in [0.15, 0.2) is 0 Å². The highest BCUT2D eigenvalue weighted by molar-refractivity contribution is 9.10. The molecule has 1 unspecified atom stereocenters. The van der Waals surface area contributed by atoms with Crippen LogP contribution in [-0.2, 0) is 0 Å². The van der Waals surface area contributed by atoms with Crippen LogP contribution in [0.25, 0.3) is 0 Å². The standard InChI is InChI=1S/C16H26BrNO/c1-12(2)5-7-14(4)18-9-10-19-16-8-6-13(3)11-15(16)17/h6,8,11-12,14,18H,5,7,9-10H2,1-4H3. The summed E-state index contributed by atoms with van der Waals surface area (Å²) in [4.78, 5) is 0. The van der Waals surface area contributed by atoms with Crippen molar-refractivity contribution in [1.29, 1.82) is 0 Å². The van der Waals surface area contributed by atoms with Gasteiger partial charge in [0, 0.05) is 12.6 Å². The van der Waals surface area contributed by atoms with Gasteiger partial charge < -0.3 is 10.1 Å². The highest BCUT2D eigenvalue weighted by Gasteiger charge is 2.04. The van der Waals surface area contributed by atoms with Crippen LogP contribution in [0.5, 0.6) is 5.75 Å². The van der Waals surface area contributed by atoms with Crippen molar-refractivity contribution in [3.05, 3.63) is 28.2 Å². The van der Waals surface area contributed by atoms with Crippen LogP contribution in [0.1, 0.15) is 39.2 Å². The van der Waals surface area contributed by atoms with E-state index in [9.17, 15) is 0 Å². The maximum absolute atomic E-state index is 5.76. The lowest BCUT2D eigenvalue weighted by molar-refractivity contribution is 0.301. The van der Waals surface area contributed by atoms with Gasteiger partial charge in [0.2, 0.25) is 0 Å². The van der Waals surface area contributed by atoms with Crippen LogP contribution in [0.4, 0.5) is 0 Å². The Labute approximate surface area is 126 Å². The number of hydrogen-bond acceptors (Lipinski definition) is 2. The van der Waals surface area contributed by atoms with Crippen molar-refractivity contribution >= 4 is 15.9 Å². The lowest BCUT2D eigenvalue weighted by atomic mass is 10.0. The average Bonchev–Trinajstić information content (AvgIpc) is 2.34. The summed E-state index contributed by atoms with van der Waals surface area (Å²) in [5.41, 5.74) is 1.24. The van der Waals surface area contributed by atoms with E-state index in [-0.39, 0.29) is 0 Å². The molecule has 0 bridgehead atoms. The number of ether oxygens (including phenoxy) is 1.